The van der Waals surface area contributed by atoms with Crippen LogP contribution >= 0.6 is 11.6 Å². The maximum Gasteiger partial charge on any atom is 0.163 e. The van der Waals surface area contributed by atoms with Gasteiger partial charge >= 0.3 is 0 Å². The Morgan fingerprint density at radius 1 is 1.53 bits per heavy atom. The lowest BCUT2D eigenvalue weighted by Crippen LogP contribution is -2.01. The van der Waals surface area contributed by atoms with E-state index in [1.807, 2.05) is 19.1 Å². The Morgan fingerprint density at radius 2 is 2.27 bits per heavy atom. The Hall–Kier alpha value is -1.08. The standard InChI is InChI=1S/C13H15ClO/c1-3-4-5-6-13(15)12-9-11(14)8-7-10(12)2/h3,7-9H,1,4-6H2,2H3. The van der Waals surface area contributed by atoms with E-state index in [1.165, 1.54) is 0 Å². The first-order valence-corrected chi connectivity index (χ1v) is 5.43. The van der Waals surface area contributed by atoms with Gasteiger partial charge in [-0.25, -0.2) is 0 Å². The molecule has 0 heterocycles. The van der Waals surface area contributed by atoms with E-state index in [9.17, 15) is 4.79 Å². The van der Waals surface area contributed by atoms with Crippen LogP contribution in [0, 0.1) is 6.92 Å². The summed E-state index contributed by atoms with van der Waals surface area (Å²) < 4.78 is 0. The number of benzene rings is 1. The number of aryl methyl sites for hydroxylation is 1. The molecule has 0 radical (unpaired) electrons. The van der Waals surface area contributed by atoms with Crippen LogP contribution in [-0.2, 0) is 0 Å². The van der Waals surface area contributed by atoms with Crippen LogP contribution in [0.25, 0.3) is 0 Å². The highest BCUT2D eigenvalue weighted by atomic mass is 35.5. The zero-order chi connectivity index (χ0) is 11.3. The van der Waals surface area contributed by atoms with Crippen molar-refractivity contribution in [1.82, 2.24) is 0 Å². The van der Waals surface area contributed by atoms with Gasteiger partial charge in [0.15, 0.2) is 5.78 Å². The highest BCUT2D eigenvalue weighted by Crippen LogP contribution is 2.17. The first kappa shape index (κ1) is 12.0. The average molecular weight is 223 g/mol. The topological polar surface area (TPSA) is 17.1 Å². The van der Waals surface area contributed by atoms with Gasteiger partial charge in [-0.05, 0) is 37.5 Å². The summed E-state index contributed by atoms with van der Waals surface area (Å²) in [6, 6.07) is 5.42. The molecule has 0 aliphatic carbocycles. The number of unbranched alkanes of at least 4 members (excludes halogenated alkanes) is 1. The third kappa shape index (κ3) is 3.52. The first-order valence-electron chi connectivity index (χ1n) is 5.05. The third-order valence-electron chi connectivity index (χ3n) is 2.31. The molecular formula is C13H15ClO. The summed E-state index contributed by atoms with van der Waals surface area (Å²) in [5.74, 6) is 0.164. The molecule has 15 heavy (non-hydrogen) atoms. The maximum atomic E-state index is 11.8. The smallest absolute Gasteiger partial charge is 0.163 e. The molecule has 0 saturated heterocycles. The fourth-order valence-electron chi connectivity index (χ4n) is 1.44. The molecule has 0 aliphatic heterocycles. The minimum absolute atomic E-state index is 0.164. The Morgan fingerprint density at radius 3 is 2.93 bits per heavy atom. The summed E-state index contributed by atoms with van der Waals surface area (Å²) in [6.07, 6.45) is 4.13. The van der Waals surface area contributed by atoms with Crippen LogP contribution in [0.3, 0.4) is 0 Å². The van der Waals surface area contributed by atoms with Crippen LogP contribution in [0.4, 0.5) is 0 Å². The Kier molecular flexibility index (Phi) is 4.57. The molecule has 0 spiro atoms. The molecule has 0 N–H and O–H groups in total. The first-order chi connectivity index (χ1) is 7.15. The molecule has 1 nitrogen and oxygen atoms in total. The Labute approximate surface area is 95.8 Å². The fraction of sp³-hybridized carbons (Fsp3) is 0.308. The van der Waals surface area contributed by atoms with Crippen LogP contribution in [0.2, 0.25) is 5.02 Å². The molecule has 0 fully saturated rings. The molecule has 0 aromatic heterocycles. The van der Waals surface area contributed by atoms with Gasteiger partial charge in [0.2, 0.25) is 0 Å². The maximum absolute atomic E-state index is 11.8. The summed E-state index contributed by atoms with van der Waals surface area (Å²) in [5.41, 5.74) is 1.73. The zero-order valence-electron chi connectivity index (χ0n) is 8.92. The summed E-state index contributed by atoms with van der Waals surface area (Å²) in [5, 5.41) is 0.618. The Balaban J connectivity index is 2.72. The molecule has 0 amide bonds. The molecule has 80 valence electrons. The summed E-state index contributed by atoms with van der Waals surface area (Å²) in [4.78, 5) is 11.8. The minimum atomic E-state index is 0.164. The molecule has 0 unspecified atom stereocenters. The van der Waals surface area contributed by atoms with Crippen LogP contribution in [0.5, 0.6) is 0 Å². The van der Waals surface area contributed by atoms with Crippen molar-refractivity contribution in [2.45, 2.75) is 26.2 Å². The van der Waals surface area contributed by atoms with Gasteiger partial charge in [0.05, 0.1) is 0 Å². The van der Waals surface area contributed by atoms with E-state index in [-0.39, 0.29) is 5.78 Å². The van der Waals surface area contributed by atoms with Crippen LogP contribution < -0.4 is 0 Å². The lowest BCUT2D eigenvalue weighted by atomic mass is 10.0. The van der Waals surface area contributed by atoms with Crippen molar-refractivity contribution in [2.75, 3.05) is 0 Å². The van der Waals surface area contributed by atoms with Crippen LogP contribution in [-0.4, -0.2) is 5.78 Å². The molecule has 2 heteroatoms. The summed E-state index contributed by atoms with van der Waals surface area (Å²) in [7, 11) is 0. The van der Waals surface area contributed by atoms with Gasteiger partial charge in [-0.1, -0.05) is 23.7 Å². The second-order valence-corrected chi connectivity index (χ2v) is 4.00. The second kappa shape index (κ2) is 5.72. The van der Waals surface area contributed by atoms with E-state index in [2.05, 4.69) is 6.58 Å². The SMILES string of the molecule is C=CCCCC(=O)c1cc(Cl)ccc1C. The molecule has 0 atom stereocenters. The van der Waals surface area contributed by atoms with Gasteiger partial charge in [-0.2, -0.15) is 0 Å². The number of hydrogen-bond donors (Lipinski definition) is 0. The number of carbonyl (C=O) groups is 1. The zero-order valence-corrected chi connectivity index (χ0v) is 9.68. The van der Waals surface area contributed by atoms with Crippen molar-refractivity contribution in [3.8, 4) is 0 Å². The molecule has 1 aromatic carbocycles. The number of Topliss-reactive ketones (excluding diaryl/α,β-unsaturated/α-hetero) is 1. The monoisotopic (exact) mass is 222 g/mol. The lowest BCUT2D eigenvalue weighted by molar-refractivity contribution is 0.0980. The number of ketones is 1. The average Bonchev–Trinajstić information content (AvgIpc) is 2.22. The van der Waals surface area contributed by atoms with Gasteiger partial charge in [-0.15, -0.1) is 6.58 Å². The lowest BCUT2D eigenvalue weighted by Gasteiger charge is -2.04. The quantitative estimate of drug-likeness (QED) is 0.415. The number of rotatable bonds is 5. The van der Waals surface area contributed by atoms with Crippen molar-refractivity contribution in [2.24, 2.45) is 0 Å². The van der Waals surface area contributed by atoms with Crippen LogP contribution in [0.15, 0.2) is 30.9 Å². The number of hydrogen-bond acceptors (Lipinski definition) is 1. The fourth-order valence-corrected chi connectivity index (χ4v) is 1.61. The van der Waals surface area contributed by atoms with Crippen molar-refractivity contribution in [3.05, 3.63) is 47.0 Å². The van der Waals surface area contributed by atoms with Gasteiger partial charge in [0, 0.05) is 17.0 Å². The van der Waals surface area contributed by atoms with Crippen molar-refractivity contribution in [1.29, 1.82) is 0 Å². The molecule has 1 aromatic rings. The highest BCUT2D eigenvalue weighted by Gasteiger charge is 2.08. The van der Waals surface area contributed by atoms with Crippen molar-refractivity contribution >= 4 is 17.4 Å². The van der Waals surface area contributed by atoms with Crippen LogP contribution in [0.1, 0.15) is 35.2 Å². The third-order valence-corrected chi connectivity index (χ3v) is 2.55. The molecular weight excluding hydrogens is 208 g/mol. The van der Waals surface area contributed by atoms with Gasteiger partial charge in [-0.3, -0.25) is 4.79 Å². The van der Waals surface area contributed by atoms with Crippen molar-refractivity contribution in [3.63, 3.8) is 0 Å². The largest absolute Gasteiger partial charge is 0.294 e. The van der Waals surface area contributed by atoms with Gasteiger partial charge in [0.25, 0.3) is 0 Å². The predicted molar refractivity (Wildman–Crippen MR) is 64.6 cm³/mol. The Bertz CT molecular complexity index is 369. The van der Waals surface area contributed by atoms with E-state index in [1.54, 1.807) is 12.1 Å². The summed E-state index contributed by atoms with van der Waals surface area (Å²) in [6.45, 7) is 5.56. The van der Waals surface area contributed by atoms with E-state index < -0.39 is 0 Å². The van der Waals surface area contributed by atoms with E-state index >= 15 is 0 Å². The number of carbonyl (C=O) groups excluding carboxylic acids is 1. The number of allylic oxidation sites excluding steroid dienone is 1. The molecule has 0 bridgehead atoms. The van der Waals surface area contributed by atoms with E-state index in [4.69, 9.17) is 11.6 Å². The predicted octanol–water partition coefficient (Wildman–Crippen LogP) is 4.19. The normalized spacial score (nSPS) is 10.0. The summed E-state index contributed by atoms with van der Waals surface area (Å²) >= 11 is 5.85. The molecule has 0 saturated carbocycles. The van der Waals surface area contributed by atoms with Gasteiger partial charge < -0.3 is 0 Å². The molecule has 1 rings (SSSR count). The van der Waals surface area contributed by atoms with E-state index in [0.29, 0.717) is 11.4 Å². The van der Waals surface area contributed by atoms with E-state index in [0.717, 1.165) is 24.0 Å². The second-order valence-electron chi connectivity index (χ2n) is 3.56. The van der Waals surface area contributed by atoms with Crippen molar-refractivity contribution < 1.29 is 4.79 Å². The number of halogens is 1. The minimum Gasteiger partial charge on any atom is -0.294 e. The highest BCUT2D eigenvalue weighted by molar-refractivity contribution is 6.31. The molecule has 0 aliphatic rings. The van der Waals surface area contributed by atoms with Gasteiger partial charge in [0.1, 0.15) is 0 Å².